The van der Waals surface area contributed by atoms with Crippen molar-refractivity contribution >= 4 is 40.3 Å². The van der Waals surface area contributed by atoms with Gasteiger partial charge in [-0.05, 0) is 24.3 Å². The Balaban J connectivity index is 0.00000320. The third-order valence-corrected chi connectivity index (χ3v) is 4.80. The highest BCUT2D eigenvalue weighted by molar-refractivity contribution is 8.93. The first kappa shape index (κ1) is 23.7. The van der Waals surface area contributed by atoms with E-state index in [1.165, 1.54) is 24.1 Å². The van der Waals surface area contributed by atoms with Crippen molar-refractivity contribution in [3.05, 3.63) is 47.7 Å². The molecule has 2 amide bonds. The van der Waals surface area contributed by atoms with Gasteiger partial charge < -0.3 is 19.9 Å². The molecule has 0 aliphatic carbocycles. The largest absolute Gasteiger partial charge is 0.375 e. The van der Waals surface area contributed by atoms with Crippen molar-refractivity contribution in [1.82, 2.24) is 14.9 Å². The standard InChI is InChI=1S/C20H24FN5O3.BrH/c1-22-17-9-16(23-18(24-17)11-25(2)20(28)12-29-3)13-8-19(27)26(10-13)15-6-4-14(21)5-7-15;/h4-7,9,13H,8,10-12H2,1-3H3,(H,22,23,24);1H. The summed E-state index contributed by atoms with van der Waals surface area (Å²) in [5.74, 6) is 0.410. The summed E-state index contributed by atoms with van der Waals surface area (Å²) in [7, 11) is 4.87. The molecule has 1 aromatic carbocycles. The van der Waals surface area contributed by atoms with Gasteiger partial charge in [-0.1, -0.05) is 0 Å². The molecule has 1 fully saturated rings. The van der Waals surface area contributed by atoms with Crippen LogP contribution in [0.15, 0.2) is 30.3 Å². The first-order valence-corrected chi connectivity index (χ1v) is 9.25. The van der Waals surface area contributed by atoms with Crippen molar-refractivity contribution in [2.45, 2.75) is 18.9 Å². The summed E-state index contributed by atoms with van der Waals surface area (Å²) in [5, 5.41) is 3.00. The van der Waals surface area contributed by atoms with Gasteiger partial charge in [-0.15, -0.1) is 17.0 Å². The van der Waals surface area contributed by atoms with Crippen LogP contribution in [-0.4, -0.2) is 61.0 Å². The summed E-state index contributed by atoms with van der Waals surface area (Å²) in [6.45, 7) is 0.661. The third-order valence-electron chi connectivity index (χ3n) is 4.80. The van der Waals surface area contributed by atoms with Gasteiger partial charge in [0.2, 0.25) is 11.8 Å². The number of anilines is 2. The predicted octanol–water partition coefficient (Wildman–Crippen LogP) is 2.36. The van der Waals surface area contributed by atoms with Crippen LogP contribution in [0, 0.1) is 5.82 Å². The monoisotopic (exact) mass is 481 g/mol. The van der Waals surface area contributed by atoms with E-state index in [2.05, 4.69) is 15.3 Å². The SMILES string of the molecule is Br.CNc1cc(C2CC(=O)N(c3ccc(F)cc3)C2)nc(CN(C)C(=O)COC)n1. The summed E-state index contributed by atoms with van der Waals surface area (Å²) in [6, 6.07) is 7.68. The molecular weight excluding hydrogens is 457 g/mol. The molecule has 30 heavy (non-hydrogen) atoms. The van der Waals surface area contributed by atoms with E-state index >= 15 is 0 Å². The van der Waals surface area contributed by atoms with Crippen LogP contribution in [0.4, 0.5) is 15.9 Å². The van der Waals surface area contributed by atoms with E-state index in [1.54, 1.807) is 31.1 Å². The lowest BCUT2D eigenvalue weighted by Crippen LogP contribution is -2.30. The minimum absolute atomic E-state index is 0. The second-order valence-corrected chi connectivity index (χ2v) is 6.91. The summed E-state index contributed by atoms with van der Waals surface area (Å²) in [5.41, 5.74) is 1.39. The number of nitrogens with zero attached hydrogens (tertiary/aromatic N) is 4. The number of carbonyl (C=O) groups excluding carboxylic acids is 2. The Labute approximate surface area is 185 Å². The van der Waals surface area contributed by atoms with Crippen LogP contribution in [0.1, 0.15) is 23.9 Å². The van der Waals surface area contributed by atoms with Gasteiger partial charge in [0.15, 0.2) is 0 Å². The van der Waals surface area contributed by atoms with Crippen LogP contribution < -0.4 is 10.2 Å². The molecule has 1 saturated heterocycles. The topological polar surface area (TPSA) is 87.7 Å². The Kier molecular flexibility index (Phi) is 8.24. The summed E-state index contributed by atoms with van der Waals surface area (Å²) >= 11 is 0. The number of methoxy groups -OCH3 is 1. The number of hydrogen-bond acceptors (Lipinski definition) is 6. The highest BCUT2D eigenvalue weighted by atomic mass is 79.9. The number of rotatable bonds is 7. The first-order chi connectivity index (χ1) is 13.9. The van der Waals surface area contributed by atoms with E-state index in [1.807, 2.05) is 6.07 Å². The van der Waals surface area contributed by atoms with Crippen molar-refractivity contribution in [2.24, 2.45) is 0 Å². The van der Waals surface area contributed by atoms with Crippen molar-refractivity contribution in [3.8, 4) is 0 Å². The van der Waals surface area contributed by atoms with Gasteiger partial charge in [0.1, 0.15) is 24.1 Å². The van der Waals surface area contributed by atoms with Crippen molar-refractivity contribution in [2.75, 3.05) is 44.6 Å². The highest BCUT2D eigenvalue weighted by Crippen LogP contribution is 2.31. The number of ether oxygens (including phenoxy) is 1. The molecule has 10 heteroatoms. The quantitative estimate of drug-likeness (QED) is 0.652. The third kappa shape index (κ3) is 5.51. The van der Waals surface area contributed by atoms with Crippen LogP contribution in [0.2, 0.25) is 0 Å². The molecule has 162 valence electrons. The van der Waals surface area contributed by atoms with Crippen molar-refractivity contribution in [3.63, 3.8) is 0 Å². The minimum atomic E-state index is -0.344. The molecule has 0 spiro atoms. The van der Waals surface area contributed by atoms with Gasteiger partial charge in [0, 0.05) is 51.8 Å². The molecule has 0 saturated carbocycles. The van der Waals surface area contributed by atoms with E-state index in [-0.39, 0.29) is 53.7 Å². The maximum absolute atomic E-state index is 13.2. The van der Waals surface area contributed by atoms with Crippen LogP contribution in [0.3, 0.4) is 0 Å². The smallest absolute Gasteiger partial charge is 0.248 e. The molecule has 0 radical (unpaired) electrons. The van der Waals surface area contributed by atoms with E-state index < -0.39 is 0 Å². The molecule has 8 nitrogen and oxygen atoms in total. The Morgan fingerprint density at radius 2 is 2.03 bits per heavy atom. The lowest BCUT2D eigenvalue weighted by atomic mass is 10.0. The number of halogens is 2. The molecule has 0 bridgehead atoms. The van der Waals surface area contributed by atoms with Crippen LogP contribution in [-0.2, 0) is 20.9 Å². The van der Waals surface area contributed by atoms with E-state index in [4.69, 9.17) is 4.74 Å². The number of likely N-dealkylation sites (N-methyl/N-ethyl adjacent to an activating group) is 1. The lowest BCUT2D eigenvalue weighted by molar-refractivity contribution is -0.134. The van der Waals surface area contributed by atoms with Gasteiger partial charge >= 0.3 is 0 Å². The highest BCUT2D eigenvalue weighted by Gasteiger charge is 2.33. The second-order valence-electron chi connectivity index (χ2n) is 6.91. The number of amides is 2. The fourth-order valence-electron chi connectivity index (χ4n) is 3.24. The van der Waals surface area contributed by atoms with Crippen molar-refractivity contribution in [1.29, 1.82) is 0 Å². The van der Waals surface area contributed by atoms with Gasteiger partial charge in [0.25, 0.3) is 0 Å². The second kappa shape index (κ2) is 10.4. The zero-order chi connectivity index (χ0) is 21.0. The molecular formula is C20H25BrFN5O3. The normalized spacial score (nSPS) is 15.7. The molecule has 1 aromatic heterocycles. The fourth-order valence-corrected chi connectivity index (χ4v) is 3.24. The molecule has 2 heterocycles. The van der Waals surface area contributed by atoms with Crippen LogP contribution in [0.5, 0.6) is 0 Å². The molecule has 1 aliphatic rings. The number of benzene rings is 1. The minimum Gasteiger partial charge on any atom is -0.375 e. The molecule has 1 atom stereocenters. The zero-order valence-electron chi connectivity index (χ0n) is 17.1. The van der Waals surface area contributed by atoms with Crippen molar-refractivity contribution < 1.29 is 18.7 Å². The average Bonchev–Trinajstić information content (AvgIpc) is 3.10. The first-order valence-electron chi connectivity index (χ1n) is 9.25. The molecule has 1 N–H and O–H groups in total. The number of aromatic nitrogens is 2. The average molecular weight is 482 g/mol. The molecule has 1 aliphatic heterocycles. The van der Waals surface area contributed by atoms with Crippen LogP contribution >= 0.6 is 17.0 Å². The number of nitrogens with one attached hydrogen (secondary N) is 1. The van der Waals surface area contributed by atoms with Gasteiger partial charge in [-0.25, -0.2) is 14.4 Å². The summed E-state index contributed by atoms with van der Waals surface area (Å²) < 4.78 is 18.1. The molecule has 2 aromatic rings. The molecule has 3 rings (SSSR count). The molecule has 1 unspecified atom stereocenters. The van der Waals surface area contributed by atoms with Gasteiger partial charge in [-0.3, -0.25) is 9.59 Å². The fraction of sp³-hybridized carbons (Fsp3) is 0.400. The van der Waals surface area contributed by atoms with E-state index in [9.17, 15) is 14.0 Å². The van der Waals surface area contributed by atoms with Crippen LogP contribution in [0.25, 0.3) is 0 Å². The predicted molar refractivity (Wildman–Crippen MR) is 116 cm³/mol. The summed E-state index contributed by atoms with van der Waals surface area (Å²) in [6.07, 6.45) is 0.301. The van der Waals surface area contributed by atoms with E-state index in [0.717, 1.165) is 5.69 Å². The Morgan fingerprint density at radius 3 is 2.67 bits per heavy atom. The Hall–Kier alpha value is -2.59. The maximum Gasteiger partial charge on any atom is 0.248 e. The maximum atomic E-state index is 13.2. The Bertz CT molecular complexity index is 897. The number of hydrogen-bond donors (Lipinski definition) is 1. The lowest BCUT2D eigenvalue weighted by Gasteiger charge is -2.19. The zero-order valence-corrected chi connectivity index (χ0v) is 18.8. The summed E-state index contributed by atoms with van der Waals surface area (Å²) in [4.78, 5) is 36.6. The van der Waals surface area contributed by atoms with E-state index in [0.29, 0.717) is 30.3 Å². The number of carbonyl (C=O) groups is 2. The van der Waals surface area contributed by atoms with Gasteiger partial charge in [-0.2, -0.15) is 0 Å². The van der Waals surface area contributed by atoms with Gasteiger partial charge in [0.05, 0.1) is 12.2 Å². The Morgan fingerprint density at radius 1 is 1.33 bits per heavy atom.